The fourth-order valence-electron chi connectivity index (χ4n) is 2.22. The van der Waals surface area contributed by atoms with Crippen LogP contribution in [0, 0.1) is 0 Å². The summed E-state index contributed by atoms with van der Waals surface area (Å²) in [5.41, 5.74) is 4.03. The number of nitrogens with one attached hydrogen (secondary N) is 3. The van der Waals surface area contributed by atoms with Crippen molar-refractivity contribution < 1.29 is 19.9 Å². The second-order valence-corrected chi connectivity index (χ2v) is 5.20. The van der Waals surface area contributed by atoms with Gasteiger partial charge in [0.2, 0.25) is 5.91 Å². The van der Waals surface area contributed by atoms with Crippen molar-refractivity contribution in [3.8, 4) is 0 Å². The number of hydrogen-bond acceptors (Lipinski definition) is 6. The highest BCUT2D eigenvalue weighted by Gasteiger charge is 2.20. The van der Waals surface area contributed by atoms with Crippen LogP contribution < -0.4 is 16.2 Å². The average Bonchev–Trinajstić information content (AvgIpc) is 2.58. The van der Waals surface area contributed by atoms with Gasteiger partial charge >= 0.3 is 5.97 Å². The number of carboxylic acids is 1. The van der Waals surface area contributed by atoms with Gasteiger partial charge in [0, 0.05) is 18.3 Å². The van der Waals surface area contributed by atoms with Crippen LogP contribution in [0.2, 0.25) is 0 Å². The number of benzene rings is 2. The van der Waals surface area contributed by atoms with Gasteiger partial charge in [0.15, 0.2) is 6.04 Å². The monoisotopic (exact) mass is 342 g/mol. The van der Waals surface area contributed by atoms with Crippen LogP contribution in [-0.2, 0) is 9.59 Å². The minimum Gasteiger partial charge on any atom is -0.479 e. The van der Waals surface area contributed by atoms with E-state index in [0.29, 0.717) is 16.9 Å². The van der Waals surface area contributed by atoms with Crippen LogP contribution in [0.1, 0.15) is 24.1 Å². The Kier molecular flexibility index (Phi) is 6.08. The molecule has 8 nitrogen and oxygen atoms in total. The SMILES string of the molecule is CC(=O)Nc1cccc(C(Nc2ccc(/C=N\NO)cc2)C(=O)O)c1. The van der Waals surface area contributed by atoms with Crippen LogP contribution in [0.25, 0.3) is 0 Å². The summed E-state index contributed by atoms with van der Waals surface area (Å²) in [5.74, 6) is -1.28. The number of anilines is 2. The first-order valence-corrected chi connectivity index (χ1v) is 7.38. The van der Waals surface area contributed by atoms with E-state index >= 15 is 0 Å². The summed E-state index contributed by atoms with van der Waals surface area (Å²) in [5, 5.41) is 27.0. The number of amides is 1. The Balaban J connectivity index is 2.20. The molecule has 0 aliphatic carbocycles. The summed E-state index contributed by atoms with van der Waals surface area (Å²) in [4.78, 5) is 22.8. The summed E-state index contributed by atoms with van der Waals surface area (Å²) in [6.07, 6.45) is 1.41. The molecule has 0 aliphatic rings. The Morgan fingerprint density at radius 3 is 2.44 bits per heavy atom. The van der Waals surface area contributed by atoms with Gasteiger partial charge in [-0.2, -0.15) is 10.7 Å². The summed E-state index contributed by atoms with van der Waals surface area (Å²) >= 11 is 0. The lowest BCUT2D eigenvalue weighted by Gasteiger charge is -2.17. The number of rotatable bonds is 7. The van der Waals surface area contributed by atoms with Crippen molar-refractivity contribution >= 4 is 29.5 Å². The van der Waals surface area contributed by atoms with E-state index < -0.39 is 12.0 Å². The summed E-state index contributed by atoms with van der Waals surface area (Å²) in [6, 6.07) is 12.5. The Morgan fingerprint density at radius 1 is 1.12 bits per heavy atom. The molecule has 25 heavy (non-hydrogen) atoms. The van der Waals surface area contributed by atoms with Crippen LogP contribution in [0.15, 0.2) is 53.6 Å². The van der Waals surface area contributed by atoms with Crippen LogP contribution in [0.4, 0.5) is 11.4 Å². The van der Waals surface area contributed by atoms with Crippen LogP contribution in [0.3, 0.4) is 0 Å². The zero-order chi connectivity index (χ0) is 18.2. The highest BCUT2D eigenvalue weighted by molar-refractivity contribution is 5.89. The molecule has 0 spiro atoms. The van der Waals surface area contributed by atoms with Crippen LogP contribution in [0.5, 0.6) is 0 Å². The standard InChI is InChI=1S/C17H18N4O4/c1-11(22)19-15-4-2-3-13(9-15)16(17(23)24)20-14-7-5-12(6-8-14)10-18-21-25/h2-10,16,20-21,25H,1H3,(H,19,22)(H,23,24)/b18-10-. The summed E-state index contributed by atoms with van der Waals surface area (Å²) < 4.78 is 0. The second-order valence-electron chi connectivity index (χ2n) is 5.20. The first kappa shape index (κ1) is 18.0. The molecule has 0 saturated heterocycles. The molecule has 0 fully saturated rings. The lowest BCUT2D eigenvalue weighted by molar-refractivity contribution is -0.138. The molecule has 2 aromatic rings. The number of nitrogens with zero attached hydrogens (tertiary/aromatic N) is 1. The Hall–Kier alpha value is -3.39. The quantitative estimate of drug-likeness (QED) is 0.388. The van der Waals surface area contributed by atoms with Gasteiger partial charge < -0.3 is 15.7 Å². The number of carboxylic acid groups (broad SMARTS) is 1. The Bertz CT molecular complexity index is 774. The van der Waals surface area contributed by atoms with Gasteiger partial charge in [-0.15, -0.1) is 0 Å². The van der Waals surface area contributed by atoms with Crippen molar-refractivity contribution in [1.82, 2.24) is 5.59 Å². The van der Waals surface area contributed by atoms with Crippen molar-refractivity contribution in [2.75, 3.05) is 10.6 Å². The molecule has 0 radical (unpaired) electrons. The van der Waals surface area contributed by atoms with E-state index in [1.54, 1.807) is 54.1 Å². The molecule has 2 aromatic carbocycles. The first-order chi connectivity index (χ1) is 12.0. The molecule has 0 heterocycles. The van der Waals surface area contributed by atoms with Crippen molar-refractivity contribution in [1.29, 1.82) is 0 Å². The van der Waals surface area contributed by atoms with Crippen LogP contribution >= 0.6 is 0 Å². The molecule has 8 heteroatoms. The number of carbonyl (C=O) groups is 2. The molecule has 1 amide bonds. The maximum Gasteiger partial charge on any atom is 0.330 e. The minimum atomic E-state index is -1.05. The van der Waals surface area contributed by atoms with E-state index in [9.17, 15) is 14.7 Å². The third-order valence-electron chi connectivity index (χ3n) is 3.28. The number of hydrazone groups is 1. The van der Waals surface area contributed by atoms with E-state index in [1.165, 1.54) is 13.1 Å². The van der Waals surface area contributed by atoms with E-state index in [-0.39, 0.29) is 5.91 Å². The molecule has 1 atom stereocenters. The van der Waals surface area contributed by atoms with Crippen LogP contribution in [-0.4, -0.2) is 28.4 Å². The maximum absolute atomic E-state index is 11.6. The maximum atomic E-state index is 11.6. The zero-order valence-electron chi connectivity index (χ0n) is 13.4. The number of hydrogen-bond donors (Lipinski definition) is 5. The van der Waals surface area contributed by atoms with Crippen molar-refractivity contribution in [3.05, 3.63) is 59.7 Å². The molecule has 1 unspecified atom stereocenters. The molecule has 0 saturated carbocycles. The highest BCUT2D eigenvalue weighted by Crippen LogP contribution is 2.23. The molecule has 0 aromatic heterocycles. The third-order valence-corrected chi connectivity index (χ3v) is 3.28. The van der Waals surface area contributed by atoms with Crippen molar-refractivity contribution in [3.63, 3.8) is 0 Å². The third kappa shape index (κ3) is 5.33. The molecule has 2 rings (SSSR count). The predicted octanol–water partition coefficient (Wildman–Crippen LogP) is 2.20. The first-order valence-electron chi connectivity index (χ1n) is 7.38. The molecule has 0 aliphatic heterocycles. The number of aliphatic carboxylic acids is 1. The van der Waals surface area contributed by atoms with E-state index in [4.69, 9.17) is 5.21 Å². The molecular weight excluding hydrogens is 324 g/mol. The average molecular weight is 342 g/mol. The van der Waals surface area contributed by atoms with Gasteiger partial charge in [-0.25, -0.2) is 4.79 Å². The summed E-state index contributed by atoms with van der Waals surface area (Å²) in [7, 11) is 0. The minimum absolute atomic E-state index is 0.230. The normalized spacial score (nSPS) is 11.8. The smallest absolute Gasteiger partial charge is 0.330 e. The summed E-state index contributed by atoms with van der Waals surface area (Å²) in [6.45, 7) is 1.39. The largest absolute Gasteiger partial charge is 0.479 e. The molecule has 0 bridgehead atoms. The molecule has 5 N–H and O–H groups in total. The van der Waals surface area contributed by atoms with E-state index in [1.807, 2.05) is 0 Å². The van der Waals surface area contributed by atoms with Crippen molar-refractivity contribution in [2.24, 2.45) is 5.10 Å². The lowest BCUT2D eigenvalue weighted by atomic mass is 10.1. The molecule has 130 valence electrons. The fourth-order valence-corrected chi connectivity index (χ4v) is 2.22. The van der Waals surface area contributed by atoms with Gasteiger partial charge in [0.25, 0.3) is 0 Å². The zero-order valence-corrected chi connectivity index (χ0v) is 13.4. The number of carbonyl (C=O) groups excluding carboxylic acids is 1. The van der Waals surface area contributed by atoms with Crippen molar-refractivity contribution in [2.45, 2.75) is 13.0 Å². The molecular formula is C17H18N4O4. The Labute approximate surface area is 144 Å². The highest BCUT2D eigenvalue weighted by atomic mass is 16.5. The fraction of sp³-hybridized carbons (Fsp3) is 0.118. The van der Waals surface area contributed by atoms with Gasteiger partial charge in [-0.05, 0) is 35.4 Å². The van der Waals surface area contributed by atoms with Gasteiger partial charge in [-0.3, -0.25) is 10.0 Å². The van der Waals surface area contributed by atoms with E-state index in [0.717, 1.165) is 5.56 Å². The van der Waals surface area contributed by atoms with Gasteiger partial charge in [0.1, 0.15) is 0 Å². The predicted molar refractivity (Wildman–Crippen MR) is 93.7 cm³/mol. The van der Waals surface area contributed by atoms with E-state index in [2.05, 4.69) is 15.7 Å². The second kappa shape index (κ2) is 8.46. The topological polar surface area (TPSA) is 123 Å². The van der Waals surface area contributed by atoms with Gasteiger partial charge in [0.05, 0.1) is 6.21 Å². The van der Waals surface area contributed by atoms with Gasteiger partial charge in [-0.1, -0.05) is 24.3 Å². The Morgan fingerprint density at radius 2 is 1.84 bits per heavy atom. The lowest BCUT2D eigenvalue weighted by Crippen LogP contribution is -2.20.